The van der Waals surface area contributed by atoms with E-state index in [0.717, 1.165) is 33.5 Å². The van der Waals surface area contributed by atoms with E-state index < -0.39 is 0 Å². The number of thioether (sulfide) groups is 1. The summed E-state index contributed by atoms with van der Waals surface area (Å²) < 4.78 is 3.36. The third-order valence-corrected chi connectivity index (χ3v) is 7.35. The average molecular weight is 483 g/mol. The lowest BCUT2D eigenvalue weighted by Gasteiger charge is -2.15. The molecule has 0 radical (unpaired) electrons. The molecular weight excluding hydrogens is 460 g/mol. The van der Waals surface area contributed by atoms with E-state index in [1.165, 1.54) is 11.8 Å². The zero-order valence-electron chi connectivity index (χ0n) is 19.2. The largest absolute Gasteiger partial charge is 0.325 e. The monoisotopic (exact) mass is 482 g/mol. The van der Waals surface area contributed by atoms with E-state index in [-0.39, 0.29) is 23.9 Å². The number of carbonyl (C=O) groups excluding carboxylic acids is 1. The van der Waals surface area contributed by atoms with Gasteiger partial charge in [-0.1, -0.05) is 48.2 Å². The van der Waals surface area contributed by atoms with Crippen molar-refractivity contribution in [2.24, 2.45) is 0 Å². The van der Waals surface area contributed by atoms with Crippen LogP contribution in [0.15, 0.2) is 70.7 Å². The zero-order chi connectivity index (χ0) is 24.1. The molecule has 0 fully saturated rings. The van der Waals surface area contributed by atoms with Gasteiger partial charge in [-0.2, -0.15) is 5.10 Å². The molecule has 1 unspecified atom stereocenters. The lowest BCUT2D eigenvalue weighted by atomic mass is 10.1. The molecule has 6 rings (SSSR count). The van der Waals surface area contributed by atoms with E-state index in [1.807, 2.05) is 68.4 Å². The Balaban J connectivity index is 1.31. The number of carbonyl (C=O) groups is 1. The number of fused-ring (bicyclic) bond motifs is 3. The third kappa shape index (κ3) is 3.68. The molecule has 8 nitrogen and oxygen atoms in total. The van der Waals surface area contributed by atoms with Crippen molar-refractivity contribution in [2.75, 3.05) is 11.1 Å². The molecule has 35 heavy (non-hydrogen) atoms. The van der Waals surface area contributed by atoms with E-state index in [2.05, 4.69) is 15.4 Å². The van der Waals surface area contributed by atoms with Crippen LogP contribution in [0.2, 0.25) is 0 Å². The summed E-state index contributed by atoms with van der Waals surface area (Å²) in [5, 5.41) is 9.43. The van der Waals surface area contributed by atoms with Gasteiger partial charge in [-0.15, -0.1) is 0 Å². The van der Waals surface area contributed by atoms with Crippen molar-refractivity contribution < 1.29 is 4.79 Å². The van der Waals surface area contributed by atoms with Crippen LogP contribution in [0.25, 0.3) is 27.6 Å². The first-order valence-electron chi connectivity index (χ1n) is 11.3. The standard InChI is InChI=1S/C26H22N6O2S/c1-15-7-3-6-10-22(15)32-24-19(13-27-32)25(34)31-17(14-35-26(31)30-24)12-23(33)29-21-11-16(2)28-20-9-5-4-8-18(20)21/h3-11,13,17H,12,14H2,1-2H3,(H,28,29,33). The molecule has 1 aliphatic rings. The summed E-state index contributed by atoms with van der Waals surface area (Å²) >= 11 is 1.49. The smallest absolute Gasteiger partial charge is 0.265 e. The SMILES string of the molecule is Cc1cc(NC(=O)CC2CSc3nc4c(cnn4-c4ccccc4C)c(=O)n32)c2ccccc2n1. The molecule has 4 heterocycles. The predicted octanol–water partition coefficient (Wildman–Crippen LogP) is 4.42. The predicted molar refractivity (Wildman–Crippen MR) is 137 cm³/mol. The van der Waals surface area contributed by atoms with Crippen molar-refractivity contribution in [2.45, 2.75) is 31.5 Å². The fourth-order valence-electron chi connectivity index (χ4n) is 4.58. The lowest BCUT2D eigenvalue weighted by molar-refractivity contribution is -0.116. The quantitative estimate of drug-likeness (QED) is 0.381. The number of anilines is 1. The molecule has 9 heteroatoms. The summed E-state index contributed by atoms with van der Waals surface area (Å²) in [7, 11) is 0. The molecule has 0 saturated heterocycles. The summed E-state index contributed by atoms with van der Waals surface area (Å²) in [5.74, 6) is 0.456. The number of rotatable bonds is 4. The van der Waals surface area contributed by atoms with Gasteiger partial charge in [0.2, 0.25) is 5.91 Å². The molecule has 174 valence electrons. The third-order valence-electron chi connectivity index (χ3n) is 6.25. The first kappa shape index (κ1) is 21.5. The Kier molecular flexibility index (Phi) is 5.14. The molecule has 1 atom stereocenters. The first-order valence-corrected chi connectivity index (χ1v) is 12.3. The number of nitrogens with one attached hydrogen (secondary N) is 1. The highest BCUT2D eigenvalue weighted by Crippen LogP contribution is 2.34. The van der Waals surface area contributed by atoms with Crippen LogP contribution in [-0.2, 0) is 4.79 Å². The van der Waals surface area contributed by atoms with E-state index in [4.69, 9.17) is 4.98 Å². The minimum atomic E-state index is -0.282. The van der Waals surface area contributed by atoms with E-state index in [1.54, 1.807) is 15.4 Å². The van der Waals surface area contributed by atoms with Crippen LogP contribution in [0.4, 0.5) is 5.69 Å². The molecule has 0 spiro atoms. The highest BCUT2D eigenvalue weighted by Gasteiger charge is 2.30. The van der Waals surface area contributed by atoms with Gasteiger partial charge in [-0.25, -0.2) is 9.67 Å². The highest BCUT2D eigenvalue weighted by atomic mass is 32.2. The fraction of sp³-hybridized carbons (Fsp3) is 0.192. The topological polar surface area (TPSA) is 94.7 Å². The second-order valence-corrected chi connectivity index (χ2v) is 9.68. The van der Waals surface area contributed by atoms with Crippen molar-refractivity contribution in [3.05, 3.63) is 82.4 Å². The van der Waals surface area contributed by atoms with E-state index >= 15 is 0 Å². The van der Waals surface area contributed by atoms with E-state index in [9.17, 15) is 9.59 Å². The van der Waals surface area contributed by atoms with Crippen molar-refractivity contribution >= 4 is 45.3 Å². The summed E-state index contributed by atoms with van der Waals surface area (Å²) in [6.45, 7) is 3.90. The number of hydrogen-bond acceptors (Lipinski definition) is 6. The molecule has 1 aliphatic heterocycles. The van der Waals surface area contributed by atoms with Gasteiger partial charge in [0.15, 0.2) is 10.8 Å². The van der Waals surface area contributed by atoms with Crippen LogP contribution in [0.5, 0.6) is 0 Å². The first-order chi connectivity index (χ1) is 17.0. The van der Waals surface area contributed by atoms with Gasteiger partial charge in [0.1, 0.15) is 5.39 Å². The van der Waals surface area contributed by atoms with Crippen LogP contribution in [0, 0.1) is 13.8 Å². The number of aryl methyl sites for hydroxylation is 2. The Hall–Kier alpha value is -3.98. The Labute approximate surface area is 205 Å². The van der Waals surface area contributed by atoms with Gasteiger partial charge in [0.05, 0.1) is 29.1 Å². The summed E-state index contributed by atoms with van der Waals surface area (Å²) in [6, 6.07) is 17.2. The van der Waals surface area contributed by atoms with E-state index in [0.29, 0.717) is 21.9 Å². The van der Waals surface area contributed by atoms with Gasteiger partial charge in [-0.3, -0.25) is 19.1 Å². The Bertz CT molecular complexity index is 1690. The molecule has 1 amide bonds. The lowest BCUT2D eigenvalue weighted by Crippen LogP contribution is -2.27. The molecular formula is C26H22N6O2S. The minimum absolute atomic E-state index is 0.151. The molecule has 3 aromatic heterocycles. The van der Waals surface area contributed by atoms with Crippen LogP contribution in [-0.4, -0.2) is 36.0 Å². The number of amides is 1. The highest BCUT2D eigenvalue weighted by molar-refractivity contribution is 7.99. The van der Waals surface area contributed by atoms with Crippen molar-refractivity contribution in [1.29, 1.82) is 0 Å². The van der Waals surface area contributed by atoms with Gasteiger partial charge < -0.3 is 5.32 Å². The van der Waals surface area contributed by atoms with Crippen LogP contribution >= 0.6 is 11.8 Å². The van der Waals surface area contributed by atoms with Gasteiger partial charge in [0, 0.05) is 23.3 Å². The number of hydrogen-bond donors (Lipinski definition) is 1. The van der Waals surface area contributed by atoms with Crippen molar-refractivity contribution in [1.82, 2.24) is 24.3 Å². The van der Waals surface area contributed by atoms with Crippen molar-refractivity contribution in [3.63, 3.8) is 0 Å². The van der Waals surface area contributed by atoms with Crippen molar-refractivity contribution in [3.8, 4) is 5.69 Å². The number of pyridine rings is 1. The zero-order valence-corrected chi connectivity index (χ0v) is 20.0. The number of para-hydroxylation sites is 2. The minimum Gasteiger partial charge on any atom is -0.325 e. The van der Waals surface area contributed by atoms with Crippen LogP contribution in [0.1, 0.15) is 23.7 Å². The maximum absolute atomic E-state index is 13.4. The maximum Gasteiger partial charge on any atom is 0.265 e. The fourth-order valence-corrected chi connectivity index (χ4v) is 5.72. The Morgan fingerprint density at radius 2 is 1.89 bits per heavy atom. The molecule has 0 aliphatic carbocycles. The Morgan fingerprint density at radius 1 is 1.09 bits per heavy atom. The maximum atomic E-state index is 13.4. The molecule has 0 bridgehead atoms. The van der Waals surface area contributed by atoms with Gasteiger partial charge in [0.25, 0.3) is 5.56 Å². The molecule has 5 aromatic rings. The summed E-state index contributed by atoms with van der Waals surface area (Å²) in [5.41, 5.74) is 4.68. The summed E-state index contributed by atoms with van der Waals surface area (Å²) in [4.78, 5) is 35.8. The number of aromatic nitrogens is 5. The van der Waals surface area contributed by atoms with Crippen LogP contribution in [0.3, 0.4) is 0 Å². The molecule has 0 saturated carbocycles. The second kappa shape index (κ2) is 8.35. The average Bonchev–Trinajstić information content (AvgIpc) is 3.44. The Morgan fingerprint density at radius 3 is 2.74 bits per heavy atom. The van der Waals surface area contributed by atoms with Crippen LogP contribution < -0.4 is 10.9 Å². The second-order valence-electron chi connectivity index (χ2n) is 8.70. The number of benzene rings is 2. The molecule has 2 aromatic carbocycles. The number of nitrogens with zero attached hydrogens (tertiary/aromatic N) is 5. The summed E-state index contributed by atoms with van der Waals surface area (Å²) in [6.07, 6.45) is 1.74. The molecule has 1 N–H and O–H groups in total. The normalized spacial score (nSPS) is 15.0. The van der Waals surface area contributed by atoms with Gasteiger partial charge >= 0.3 is 0 Å². The van der Waals surface area contributed by atoms with Gasteiger partial charge in [-0.05, 0) is 37.6 Å².